The Morgan fingerprint density at radius 2 is 1.62 bits per heavy atom. The Balaban J connectivity index is 3.36. The molecule has 0 heterocycles. The Bertz CT molecular complexity index is 353. The predicted molar refractivity (Wildman–Crippen MR) is 63.8 cm³/mol. The summed E-state index contributed by atoms with van der Waals surface area (Å²) in [6, 6.07) is 3.41. The molecule has 1 aromatic rings. The first kappa shape index (κ1) is 12.8. The van der Waals surface area contributed by atoms with Crippen molar-refractivity contribution < 1.29 is 19.0 Å². The first-order chi connectivity index (χ1) is 7.67. The van der Waals surface area contributed by atoms with Crippen LogP contribution in [0, 0.1) is 0 Å². The van der Waals surface area contributed by atoms with Crippen molar-refractivity contribution in [2.24, 2.45) is 0 Å². The molecule has 88 valence electrons. The van der Waals surface area contributed by atoms with Crippen molar-refractivity contribution in [2.45, 2.75) is 4.83 Å². The summed E-state index contributed by atoms with van der Waals surface area (Å²) in [4.78, 5) is 10.3. The van der Waals surface area contributed by atoms with Crippen molar-refractivity contribution in [3.8, 4) is 17.2 Å². The summed E-state index contributed by atoms with van der Waals surface area (Å²) in [6.45, 7) is 0. The van der Waals surface area contributed by atoms with Gasteiger partial charge in [0, 0.05) is 12.1 Å². The molecule has 0 amide bonds. The second-order valence-electron chi connectivity index (χ2n) is 2.98. The van der Waals surface area contributed by atoms with Crippen LogP contribution in [0.25, 0.3) is 0 Å². The smallest absolute Gasteiger partial charge is 0.138 e. The van der Waals surface area contributed by atoms with Gasteiger partial charge in [-0.15, -0.1) is 0 Å². The largest absolute Gasteiger partial charge is 0.496 e. The number of rotatable bonds is 5. The molecule has 0 radical (unpaired) electrons. The summed E-state index contributed by atoms with van der Waals surface area (Å²) >= 11 is 3.25. The zero-order valence-corrected chi connectivity index (χ0v) is 10.9. The molecule has 0 aliphatic rings. The standard InChI is InChI=1S/C11H13BrO4/c1-14-7-4-9(15-2)11(8(12)6-13)10(5-7)16-3/h4-6,8H,1-3H3. The first-order valence-corrected chi connectivity index (χ1v) is 5.48. The second kappa shape index (κ2) is 5.75. The molecular weight excluding hydrogens is 276 g/mol. The number of hydrogen-bond acceptors (Lipinski definition) is 4. The fraction of sp³-hybridized carbons (Fsp3) is 0.364. The van der Waals surface area contributed by atoms with Gasteiger partial charge >= 0.3 is 0 Å². The van der Waals surface area contributed by atoms with E-state index in [1.54, 1.807) is 19.2 Å². The van der Waals surface area contributed by atoms with Crippen LogP contribution in [0.5, 0.6) is 17.2 Å². The lowest BCUT2D eigenvalue weighted by Gasteiger charge is -2.15. The van der Waals surface area contributed by atoms with E-state index in [-0.39, 0.29) is 0 Å². The number of halogens is 1. The van der Waals surface area contributed by atoms with Crippen molar-refractivity contribution in [3.05, 3.63) is 17.7 Å². The zero-order valence-electron chi connectivity index (χ0n) is 9.32. The lowest BCUT2D eigenvalue weighted by molar-refractivity contribution is -0.107. The normalized spacial score (nSPS) is 11.8. The minimum atomic E-state index is -0.469. The zero-order chi connectivity index (χ0) is 12.1. The summed E-state index contributed by atoms with van der Waals surface area (Å²) in [5.74, 6) is 1.71. The van der Waals surface area contributed by atoms with E-state index in [0.717, 1.165) is 6.29 Å². The van der Waals surface area contributed by atoms with Crippen LogP contribution in [-0.2, 0) is 4.79 Å². The molecule has 0 saturated carbocycles. The molecular formula is C11H13BrO4. The SMILES string of the molecule is COc1cc(OC)c(C(Br)C=O)c(OC)c1. The fourth-order valence-electron chi connectivity index (χ4n) is 1.37. The van der Waals surface area contributed by atoms with Crippen LogP contribution in [0.1, 0.15) is 10.4 Å². The minimum Gasteiger partial charge on any atom is -0.496 e. The molecule has 1 unspecified atom stereocenters. The van der Waals surface area contributed by atoms with E-state index in [2.05, 4.69) is 15.9 Å². The highest BCUT2D eigenvalue weighted by molar-refractivity contribution is 9.09. The molecule has 0 aliphatic carbocycles. The van der Waals surface area contributed by atoms with Crippen LogP contribution in [0.15, 0.2) is 12.1 Å². The molecule has 0 aliphatic heterocycles. The molecule has 0 N–H and O–H groups in total. The van der Waals surface area contributed by atoms with Crippen LogP contribution in [0.4, 0.5) is 0 Å². The maximum absolute atomic E-state index is 10.8. The van der Waals surface area contributed by atoms with Gasteiger partial charge in [-0.3, -0.25) is 0 Å². The number of ether oxygens (including phenoxy) is 3. The van der Waals surface area contributed by atoms with Crippen LogP contribution in [0.2, 0.25) is 0 Å². The summed E-state index contributed by atoms with van der Waals surface area (Å²) in [5.41, 5.74) is 0.654. The van der Waals surface area contributed by atoms with Gasteiger partial charge < -0.3 is 19.0 Å². The predicted octanol–water partition coefficient (Wildman–Crippen LogP) is 2.35. The van der Waals surface area contributed by atoms with Crippen molar-refractivity contribution in [3.63, 3.8) is 0 Å². The van der Waals surface area contributed by atoms with Crippen LogP contribution in [-0.4, -0.2) is 27.6 Å². The third-order valence-electron chi connectivity index (χ3n) is 2.15. The molecule has 0 saturated heterocycles. The van der Waals surface area contributed by atoms with E-state index in [0.29, 0.717) is 22.8 Å². The highest BCUT2D eigenvalue weighted by Crippen LogP contribution is 2.40. The van der Waals surface area contributed by atoms with Gasteiger partial charge in [0.25, 0.3) is 0 Å². The highest BCUT2D eigenvalue weighted by Gasteiger charge is 2.19. The highest BCUT2D eigenvalue weighted by atomic mass is 79.9. The first-order valence-electron chi connectivity index (χ1n) is 4.57. The van der Waals surface area contributed by atoms with Crippen molar-refractivity contribution in [1.29, 1.82) is 0 Å². The molecule has 1 aromatic carbocycles. The van der Waals surface area contributed by atoms with E-state index in [1.807, 2.05) is 0 Å². The molecule has 0 bridgehead atoms. The molecule has 0 aromatic heterocycles. The summed E-state index contributed by atoms with van der Waals surface area (Å²) in [7, 11) is 4.61. The maximum atomic E-state index is 10.8. The van der Waals surface area contributed by atoms with E-state index < -0.39 is 4.83 Å². The molecule has 1 rings (SSSR count). The van der Waals surface area contributed by atoms with Gasteiger partial charge in [0.15, 0.2) is 0 Å². The Morgan fingerprint density at radius 3 is 1.94 bits per heavy atom. The van der Waals surface area contributed by atoms with Crippen LogP contribution in [0.3, 0.4) is 0 Å². The second-order valence-corrected chi connectivity index (χ2v) is 3.97. The number of alkyl halides is 1. The quantitative estimate of drug-likeness (QED) is 0.616. The summed E-state index contributed by atoms with van der Waals surface area (Å²) < 4.78 is 15.5. The van der Waals surface area contributed by atoms with Gasteiger partial charge in [-0.05, 0) is 0 Å². The van der Waals surface area contributed by atoms with E-state index in [4.69, 9.17) is 14.2 Å². The van der Waals surface area contributed by atoms with Crippen molar-refractivity contribution in [1.82, 2.24) is 0 Å². The Morgan fingerprint density at radius 1 is 1.12 bits per heavy atom. The molecule has 5 heteroatoms. The Labute approximate surface area is 103 Å². The summed E-state index contributed by atoms with van der Waals surface area (Å²) in [6.07, 6.45) is 0.771. The van der Waals surface area contributed by atoms with Crippen molar-refractivity contribution >= 4 is 22.2 Å². The maximum Gasteiger partial charge on any atom is 0.138 e. The average molecular weight is 289 g/mol. The molecule has 0 fully saturated rings. The number of methoxy groups -OCH3 is 3. The lowest BCUT2D eigenvalue weighted by atomic mass is 10.1. The number of hydrogen-bond donors (Lipinski definition) is 0. The molecule has 16 heavy (non-hydrogen) atoms. The van der Waals surface area contributed by atoms with Gasteiger partial charge in [-0.1, -0.05) is 15.9 Å². The number of benzene rings is 1. The Hall–Kier alpha value is -1.23. The number of carbonyl (C=O) groups excluding carboxylic acids is 1. The monoisotopic (exact) mass is 288 g/mol. The van der Waals surface area contributed by atoms with E-state index >= 15 is 0 Å². The fourth-order valence-corrected chi connectivity index (χ4v) is 1.82. The van der Waals surface area contributed by atoms with E-state index in [1.165, 1.54) is 14.2 Å². The Kier molecular flexibility index (Phi) is 4.61. The lowest BCUT2D eigenvalue weighted by Crippen LogP contribution is -2.01. The molecule has 4 nitrogen and oxygen atoms in total. The van der Waals surface area contributed by atoms with Crippen molar-refractivity contribution in [2.75, 3.05) is 21.3 Å². The number of aldehydes is 1. The third-order valence-corrected chi connectivity index (χ3v) is 2.82. The van der Waals surface area contributed by atoms with Gasteiger partial charge in [-0.25, -0.2) is 0 Å². The third kappa shape index (κ3) is 2.47. The van der Waals surface area contributed by atoms with Crippen LogP contribution >= 0.6 is 15.9 Å². The van der Waals surface area contributed by atoms with Gasteiger partial charge in [0.1, 0.15) is 28.4 Å². The molecule has 1 atom stereocenters. The van der Waals surface area contributed by atoms with Crippen LogP contribution < -0.4 is 14.2 Å². The minimum absolute atomic E-state index is 0.469. The summed E-state index contributed by atoms with van der Waals surface area (Å²) in [5, 5.41) is 0. The van der Waals surface area contributed by atoms with Gasteiger partial charge in [0.2, 0.25) is 0 Å². The topological polar surface area (TPSA) is 44.8 Å². The average Bonchev–Trinajstić information content (AvgIpc) is 2.35. The van der Waals surface area contributed by atoms with Gasteiger partial charge in [0.05, 0.1) is 26.9 Å². The van der Waals surface area contributed by atoms with E-state index in [9.17, 15) is 4.79 Å². The number of carbonyl (C=O) groups is 1. The van der Waals surface area contributed by atoms with Gasteiger partial charge in [-0.2, -0.15) is 0 Å². The molecule has 0 spiro atoms.